The van der Waals surface area contributed by atoms with Crippen LogP contribution in [0.3, 0.4) is 0 Å². The summed E-state index contributed by atoms with van der Waals surface area (Å²) in [5.74, 6) is 0.170. The fourth-order valence-electron chi connectivity index (χ4n) is 2.02. The molecule has 3 N–H and O–H groups in total. The third-order valence-corrected chi connectivity index (χ3v) is 3.45. The standard InChI is InChI=1S/C19H21N3O4S/c1-2-12-25-16-11-7-6-10-15(16)18(24)20-19(27)22-21-17(23)13-26-14-8-4-3-5-9-14/h3-11H,2,12-13H2,1H3,(H,21,23)(H2,20,22,24,27). The number of amides is 2. The van der Waals surface area contributed by atoms with Crippen LogP contribution in [0.25, 0.3) is 0 Å². The van der Waals surface area contributed by atoms with Crippen molar-refractivity contribution in [3.63, 3.8) is 0 Å². The molecule has 0 saturated carbocycles. The van der Waals surface area contributed by atoms with Crippen molar-refractivity contribution in [2.45, 2.75) is 13.3 Å². The van der Waals surface area contributed by atoms with Crippen molar-refractivity contribution < 1.29 is 19.1 Å². The van der Waals surface area contributed by atoms with Gasteiger partial charge in [0.1, 0.15) is 11.5 Å². The third kappa shape index (κ3) is 6.95. The Kier molecular flexibility index (Phi) is 8.05. The van der Waals surface area contributed by atoms with E-state index in [4.69, 9.17) is 21.7 Å². The number of hydrazine groups is 1. The molecule has 0 atom stereocenters. The molecular weight excluding hydrogens is 366 g/mol. The fraction of sp³-hybridized carbons (Fsp3) is 0.211. The predicted octanol–water partition coefficient (Wildman–Crippen LogP) is 2.19. The van der Waals surface area contributed by atoms with E-state index in [0.29, 0.717) is 23.7 Å². The zero-order chi connectivity index (χ0) is 19.5. The SMILES string of the molecule is CCCOc1ccccc1C(=O)NC(=S)NNC(=O)COc1ccccc1. The number of hydrogen-bond donors (Lipinski definition) is 3. The maximum atomic E-state index is 12.3. The Morgan fingerprint density at radius 3 is 2.41 bits per heavy atom. The monoisotopic (exact) mass is 387 g/mol. The lowest BCUT2D eigenvalue weighted by Gasteiger charge is -2.13. The van der Waals surface area contributed by atoms with Gasteiger partial charge in [0, 0.05) is 0 Å². The van der Waals surface area contributed by atoms with Crippen LogP contribution in [0, 0.1) is 0 Å². The maximum absolute atomic E-state index is 12.3. The minimum atomic E-state index is -0.442. The van der Waals surface area contributed by atoms with Crippen LogP contribution in [0.15, 0.2) is 54.6 Å². The highest BCUT2D eigenvalue weighted by atomic mass is 32.1. The Labute approximate surface area is 163 Å². The summed E-state index contributed by atoms with van der Waals surface area (Å²) in [6.07, 6.45) is 0.826. The number of hydrogen-bond acceptors (Lipinski definition) is 5. The summed E-state index contributed by atoms with van der Waals surface area (Å²) in [5, 5.41) is 2.44. The van der Waals surface area contributed by atoms with Crippen molar-refractivity contribution in [1.29, 1.82) is 0 Å². The Morgan fingerprint density at radius 1 is 0.963 bits per heavy atom. The smallest absolute Gasteiger partial charge is 0.276 e. The number of carbonyl (C=O) groups is 2. The van der Waals surface area contributed by atoms with Crippen LogP contribution in [0.5, 0.6) is 11.5 Å². The van der Waals surface area contributed by atoms with Crippen LogP contribution in [-0.4, -0.2) is 30.1 Å². The molecule has 0 bridgehead atoms. The molecule has 0 spiro atoms. The Bertz CT molecular complexity index is 784. The molecular formula is C19H21N3O4S. The lowest BCUT2D eigenvalue weighted by Crippen LogP contribution is -2.49. The molecule has 0 fully saturated rings. The average Bonchev–Trinajstić information content (AvgIpc) is 2.70. The molecule has 0 heterocycles. The van der Waals surface area contributed by atoms with Gasteiger partial charge in [-0.3, -0.25) is 25.8 Å². The summed E-state index contributed by atoms with van der Waals surface area (Å²) in [4.78, 5) is 24.1. The summed E-state index contributed by atoms with van der Waals surface area (Å²) in [7, 11) is 0. The minimum absolute atomic E-state index is 0.0432. The Hall–Kier alpha value is -3.13. The topological polar surface area (TPSA) is 88.7 Å². The molecule has 2 rings (SSSR count). The summed E-state index contributed by atoms with van der Waals surface area (Å²) >= 11 is 5.02. The van der Waals surface area contributed by atoms with E-state index in [1.165, 1.54) is 0 Å². The van der Waals surface area contributed by atoms with E-state index < -0.39 is 11.8 Å². The first kappa shape index (κ1) is 20.2. The van der Waals surface area contributed by atoms with Crippen LogP contribution in [0.2, 0.25) is 0 Å². The van der Waals surface area contributed by atoms with Crippen LogP contribution in [-0.2, 0) is 4.79 Å². The highest BCUT2D eigenvalue weighted by Crippen LogP contribution is 2.17. The molecule has 8 heteroatoms. The first-order valence-corrected chi connectivity index (χ1v) is 8.80. The molecule has 142 valence electrons. The van der Waals surface area contributed by atoms with Crippen molar-refractivity contribution in [2.75, 3.05) is 13.2 Å². The molecule has 0 aliphatic carbocycles. The fourth-order valence-corrected chi connectivity index (χ4v) is 2.17. The summed E-state index contributed by atoms with van der Waals surface area (Å²) in [6, 6.07) is 15.8. The molecule has 0 radical (unpaired) electrons. The summed E-state index contributed by atoms with van der Waals surface area (Å²) in [5.41, 5.74) is 5.17. The van der Waals surface area contributed by atoms with Gasteiger partial charge in [0.25, 0.3) is 11.8 Å². The second-order valence-corrected chi connectivity index (χ2v) is 5.81. The number of benzene rings is 2. The number of carbonyl (C=O) groups excluding carboxylic acids is 2. The van der Waals surface area contributed by atoms with Gasteiger partial charge in [-0.05, 0) is 42.9 Å². The molecule has 0 unspecified atom stereocenters. The van der Waals surface area contributed by atoms with Gasteiger partial charge in [-0.2, -0.15) is 0 Å². The van der Waals surface area contributed by atoms with E-state index >= 15 is 0 Å². The lowest BCUT2D eigenvalue weighted by atomic mass is 10.2. The highest BCUT2D eigenvalue weighted by Gasteiger charge is 2.13. The first-order chi connectivity index (χ1) is 13.1. The van der Waals surface area contributed by atoms with Crippen LogP contribution < -0.4 is 25.6 Å². The maximum Gasteiger partial charge on any atom is 0.276 e. The Morgan fingerprint density at radius 2 is 1.67 bits per heavy atom. The molecule has 2 amide bonds. The minimum Gasteiger partial charge on any atom is -0.493 e. The van der Waals surface area contributed by atoms with E-state index in [0.717, 1.165) is 6.42 Å². The second-order valence-electron chi connectivity index (χ2n) is 5.40. The van der Waals surface area contributed by atoms with Gasteiger partial charge in [0.2, 0.25) is 0 Å². The quantitative estimate of drug-likeness (QED) is 0.499. The molecule has 0 aliphatic heterocycles. The van der Waals surface area contributed by atoms with Gasteiger partial charge in [0.05, 0.1) is 12.2 Å². The van der Waals surface area contributed by atoms with E-state index in [2.05, 4.69) is 16.2 Å². The van der Waals surface area contributed by atoms with Gasteiger partial charge in [-0.25, -0.2) is 0 Å². The third-order valence-electron chi connectivity index (χ3n) is 3.25. The zero-order valence-electron chi connectivity index (χ0n) is 14.9. The summed E-state index contributed by atoms with van der Waals surface area (Å²) in [6.45, 7) is 2.29. The van der Waals surface area contributed by atoms with Gasteiger partial charge in [0.15, 0.2) is 11.7 Å². The predicted molar refractivity (Wildman–Crippen MR) is 106 cm³/mol. The molecule has 2 aromatic rings. The molecule has 2 aromatic carbocycles. The summed E-state index contributed by atoms with van der Waals surface area (Å²) < 4.78 is 10.9. The van der Waals surface area contributed by atoms with E-state index in [-0.39, 0.29) is 11.7 Å². The van der Waals surface area contributed by atoms with Crippen LogP contribution in [0.1, 0.15) is 23.7 Å². The van der Waals surface area contributed by atoms with Crippen molar-refractivity contribution in [3.05, 3.63) is 60.2 Å². The van der Waals surface area contributed by atoms with Crippen LogP contribution >= 0.6 is 12.2 Å². The zero-order valence-corrected chi connectivity index (χ0v) is 15.7. The number of rotatable bonds is 7. The second kappa shape index (κ2) is 10.8. The molecule has 0 aromatic heterocycles. The molecule has 7 nitrogen and oxygen atoms in total. The van der Waals surface area contributed by atoms with Gasteiger partial charge < -0.3 is 9.47 Å². The normalized spacial score (nSPS) is 9.81. The van der Waals surface area contributed by atoms with Gasteiger partial charge >= 0.3 is 0 Å². The van der Waals surface area contributed by atoms with Crippen molar-refractivity contribution in [1.82, 2.24) is 16.2 Å². The number of ether oxygens (including phenoxy) is 2. The van der Waals surface area contributed by atoms with Crippen LogP contribution in [0.4, 0.5) is 0 Å². The first-order valence-electron chi connectivity index (χ1n) is 8.40. The van der Waals surface area contributed by atoms with Gasteiger partial charge in [-0.15, -0.1) is 0 Å². The largest absolute Gasteiger partial charge is 0.493 e. The number of nitrogens with one attached hydrogen (secondary N) is 3. The van der Waals surface area contributed by atoms with E-state index in [9.17, 15) is 9.59 Å². The molecule has 0 aliphatic rings. The van der Waals surface area contributed by atoms with E-state index in [1.807, 2.05) is 13.0 Å². The van der Waals surface area contributed by atoms with E-state index in [1.54, 1.807) is 48.5 Å². The van der Waals surface area contributed by atoms with Crippen molar-refractivity contribution in [3.8, 4) is 11.5 Å². The molecule has 27 heavy (non-hydrogen) atoms. The number of para-hydroxylation sites is 2. The lowest BCUT2D eigenvalue weighted by molar-refractivity contribution is -0.123. The Balaban J connectivity index is 1.78. The van der Waals surface area contributed by atoms with Gasteiger partial charge in [-0.1, -0.05) is 37.3 Å². The number of thiocarbonyl (C=S) groups is 1. The molecule has 0 saturated heterocycles. The highest BCUT2D eigenvalue weighted by molar-refractivity contribution is 7.80. The average molecular weight is 387 g/mol. The van der Waals surface area contributed by atoms with Crippen molar-refractivity contribution >= 4 is 29.1 Å². The van der Waals surface area contributed by atoms with Crippen molar-refractivity contribution in [2.24, 2.45) is 0 Å².